The molecule has 2 atom stereocenters. The molecule has 0 spiro atoms. The van der Waals surface area contributed by atoms with Crippen molar-refractivity contribution >= 4 is 20.1 Å². The van der Waals surface area contributed by atoms with Crippen molar-refractivity contribution in [2.45, 2.75) is 39.3 Å². The van der Waals surface area contributed by atoms with Crippen LogP contribution in [0.5, 0.6) is 5.75 Å². The van der Waals surface area contributed by atoms with Crippen LogP contribution in [0.4, 0.5) is 0 Å². The van der Waals surface area contributed by atoms with Crippen molar-refractivity contribution in [3.63, 3.8) is 0 Å². The molecule has 0 saturated heterocycles. The zero-order valence-electron chi connectivity index (χ0n) is 14.6. The number of aliphatic imine (C=N–C) groups is 1. The molecule has 122 valence electrons. The molecule has 0 heterocycles. The van der Waals surface area contributed by atoms with E-state index in [1.54, 1.807) is 7.05 Å². The Hall–Kier alpha value is -1.66. The van der Waals surface area contributed by atoms with Crippen LogP contribution in [-0.4, -0.2) is 18.4 Å². The minimum atomic E-state index is -0.0817. The van der Waals surface area contributed by atoms with Crippen molar-refractivity contribution in [2.75, 3.05) is 7.05 Å². The second-order valence-electron chi connectivity index (χ2n) is 6.31. The number of aromatic hydroxyl groups is 1. The smallest absolute Gasteiger partial charge is 0.119 e. The fourth-order valence-corrected chi connectivity index (χ4v) is 4.33. The zero-order valence-corrected chi connectivity index (χ0v) is 15.6. The van der Waals surface area contributed by atoms with Crippen LogP contribution < -0.4 is 5.30 Å². The minimum Gasteiger partial charge on any atom is -0.508 e. The summed E-state index contributed by atoms with van der Waals surface area (Å²) in [5, 5.41) is 11.6. The monoisotopic (exact) mass is 327 g/mol. The van der Waals surface area contributed by atoms with Gasteiger partial charge in [0.05, 0.1) is 0 Å². The third kappa shape index (κ3) is 4.00. The molecule has 2 nitrogen and oxygen atoms in total. The van der Waals surface area contributed by atoms with Crippen LogP contribution >= 0.6 is 8.58 Å². The second-order valence-corrected chi connectivity index (χ2v) is 8.20. The molecule has 2 aromatic rings. The average Bonchev–Trinajstić information content (AvgIpc) is 2.52. The molecule has 0 saturated carbocycles. The molecule has 0 fully saturated rings. The van der Waals surface area contributed by atoms with Gasteiger partial charge in [-0.05, 0) is 43.3 Å². The Labute approximate surface area is 141 Å². The summed E-state index contributed by atoms with van der Waals surface area (Å²) in [4.78, 5) is 4.20. The van der Waals surface area contributed by atoms with Gasteiger partial charge in [-0.2, -0.15) is 0 Å². The van der Waals surface area contributed by atoms with Gasteiger partial charge in [0.15, 0.2) is 0 Å². The van der Waals surface area contributed by atoms with Gasteiger partial charge < -0.3 is 5.11 Å². The maximum Gasteiger partial charge on any atom is 0.119 e. The highest BCUT2D eigenvalue weighted by molar-refractivity contribution is 7.48. The Kier molecular flexibility index (Phi) is 5.59. The number of aryl methyl sites for hydroxylation is 2. The van der Waals surface area contributed by atoms with E-state index >= 15 is 0 Å². The van der Waals surface area contributed by atoms with E-state index in [0.717, 1.165) is 12.0 Å². The lowest BCUT2D eigenvalue weighted by Crippen LogP contribution is -2.20. The molecular weight excluding hydrogens is 301 g/mol. The Morgan fingerprint density at radius 1 is 1.13 bits per heavy atom. The van der Waals surface area contributed by atoms with Gasteiger partial charge in [-0.3, -0.25) is 4.99 Å². The summed E-state index contributed by atoms with van der Waals surface area (Å²) in [6.45, 7) is 8.61. The third-order valence-corrected chi connectivity index (χ3v) is 6.24. The van der Waals surface area contributed by atoms with Crippen LogP contribution in [0.1, 0.15) is 42.5 Å². The Balaban J connectivity index is 2.48. The van der Waals surface area contributed by atoms with E-state index in [-0.39, 0.29) is 5.16 Å². The first-order valence-corrected chi connectivity index (χ1v) is 9.00. The first-order chi connectivity index (χ1) is 10.9. The maximum absolute atomic E-state index is 10.4. The number of rotatable bonds is 5. The molecule has 0 aliphatic heterocycles. The standard InChI is InChI=1S/C20H26NOP/c1-6-20(4,17-12-15(3)7-9-18(17)22)23-19-10-8-14(2)11-16(19)13-21-5/h7-13,22-23H,6H2,1-5H3. The molecule has 0 bridgehead atoms. The first-order valence-electron chi connectivity index (χ1n) is 8.00. The number of phenols is 1. The first kappa shape index (κ1) is 17.7. The molecule has 1 N–H and O–H groups in total. The van der Waals surface area contributed by atoms with Gasteiger partial charge in [0.25, 0.3) is 0 Å². The molecule has 0 aliphatic carbocycles. The normalized spacial score (nSPS) is 14.7. The van der Waals surface area contributed by atoms with Gasteiger partial charge in [-0.25, -0.2) is 0 Å². The topological polar surface area (TPSA) is 32.6 Å². The predicted molar refractivity (Wildman–Crippen MR) is 103 cm³/mol. The molecule has 2 unspecified atom stereocenters. The SMILES string of the molecule is CCC(C)(Pc1ccc(C)cc1C=NC)c1cc(C)ccc1O. The summed E-state index contributed by atoms with van der Waals surface area (Å²) in [6, 6.07) is 12.4. The van der Waals surface area contributed by atoms with Crippen molar-refractivity contribution in [2.24, 2.45) is 4.99 Å². The number of phenolic OH excluding ortho intramolecular Hbond substituents is 1. The number of benzene rings is 2. The number of hydrogen-bond acceptors (Lipinski definition) is 2. The third-order valence-electron chi connectivity index (χ3n) is 4.34. The van der Waals surface area contributed by atoms with Crippen LogP contribution in [0.2, 0.25) is 0 Å². The van der Waals surface area contributed by atoms with Crippen molar-refractivity contribution in [3.8, 4) is 5.75 Å². The summed E-state index contributed by atoms with van der Waals surface area (Å²) in [7, 11) is 2.38. The zero-order chi connectivity index (χ0) is 17.0. The Morgan fingerprint density at radius 2 is 1.78 bits per heavy atom. The lowest BCUT2D eigenvalue weighted by Gasteiger charge is -2.31. The largest absolute Gasteiger partial charge is 0.508 e. The highest BCUT2D eigenvalue weighted by Crippen LogP contribution is 2.47. The second kappa shape index (κ2) is 7.27. The van der Waals surface area contributed by atoms with Crippen LogP contribution in [0.15, 0.2) is 41.4 Å². The van der Waals surface area contributed by atoms with Crippen molar-refractivity contribution < 1.29 is 5.11 Å². The summed E-state index contributed by atoms with van der Waals surface area (Å²) < 4.78 is 0. The molecule has 2 aromatic carbocycles. The summed E-state index contributed by atoms with van der Waals surface area (Å²) >= 11 is 0. The lowest BCUT2D eigenvalue weighted by atomic mass is 9.95. The quantitative estimate of drug-likeness (QED) is 0.627. The Morgan fingerprint density at radius 3 is 2.43 bits per heavy atom. The molecule has 0 amide bonds. The van der Waals surface area contributed by atoms with E-state index in [0.29, 0.717) is 14.3 Å². The van der Waals surface area contributed by atoms with E-state index in [4.69, 9.17) is 0 Å². The lowest BCUT2D eigenvalue weighted by molar-refractivity contribution is 0.456. The average molecular weight is 327 g/mol. The number of hydrogen-bond donors (Lipinski definition) is 1. The van der Waals surface area contributed by atoms with E-state index in [1.807, 2.05) is 18.3 Å². The van der Waals surface area contributed by atoms with Crippen LogP contribution in [0.25, 0.3) is 0 Å². The molecule has 0 aliphatic rings. The van der Waals surface area contributed by atoms with Crippen molar-refractivity contribution in [1.29, 1.82) is 0 Å². The van der Waals surface area contributed by atoms with Gasteiger partial charge in [0.2, 0.25) is 0 Å². The molecule has 0 aromatic heterocycles. The summed E-state index contributed by atoms with van der Waals surface area (Å²) in [6.07, 6.45) is 2.90. The summed E-state index contributed by atoms with van der Waals surface area (Å²) in [5.41, 5.74) is 4.64. The van der Waals surface area contributed by atoms with Crippen LogP contribution in [-0.2, 0) is 5.16 Å². The molecule has 2 rings (SSSR count). The highest BCUT2D eigenvalue weighted by Gasteiger charge is 2.28. The fraction of sp³-hybridized carbons (Fsp3) is 0.350. The van der Waals surface area contributed by atoms with E-state index < -0.39 is 0 Å². The summed E-state index contributed by atoms with van der Waals surface area (Å²) in [5.74, 6) is 0.394. The van der Waals surface area contributed by atoms with E-state index in [2.05, 4.69) is 57.0 Å². The van der Waals surface area contributed by atoms with Gasteiger partial charge in [0, 0.05) is 24.0 Å². The number of nitrogens with zero attached hydrogens (tertiary/aromatic N) is 1. The minimum absolute atomic E-state index is 0.0817. The fourth-order valence-electron chi connectivity index (χ4n) is 2.78. The predicted octanol–water partition coefficient (Wildman–Crippen LogP) is 4.69. The van der Waals surface area contributed by atoms with Crippen molar-refractivity contribution in [3.05, 3.63) is 58.7 Å². The molecular formula is C20H26NOP. The van der Waals surface area contributed by atoms with Crippen molar-refractivity contribution in [1.82, 2.24) is 0 Å². The van der Waals surface area contributed by atoms with Gasteiger partial charge >= 0.3 is 0 Å². The van der Waals surface area contributed by atoms with Crippen LogP contribution in [0.3, 0.4) is 0 Å². The molecule has 23 heavy (non-hydrogen) atoms. The van der Waals surface area contributed by atoms with E-state index in [1.165, 1.54) is 22.0 Å². The van der Waals surface area contributed by atoms with Crippen LogP contribution in [0, 0.1) is 13.8 Å². The van der Waals surface area contributed by atoms with Gasteiger partial charge in [0.1, 0.15) is 5.75 Å². The van der Waals surface area contributed by atoms with Gasteiger partial charge in [-0.15, -0.1) is 0 Å². The Bertz CT molecular complexity index is 724. The van der Waals surface area contributed by atoms with E-state index in [9.17, 15) is 5.11 Å². The maximum atomic E-state index is 10.4. The molecule has 3 heteroatoms. The molecule has 0 radical (unpaired) electrons. The highest BCUT2D eigenvalue weighted by atomic mass is 31.1. The van der Waals surface area contributed by atoms with Gasteiger partial charge in [-0.1, -0.05) is 57.8 Å².